The molecule has 1 aliphatic heterocycles. The van der Waals surface area contributed by atoms with Crippen molar-refractivity contribution in [2.45, 2.75) is 46.1 Å². The maximum atomic E-state index is 14.9. The van der Waals surface area contributed by atoms with E-state index >= 15 is 0 Å². The first-order valence-corrected chi connectivity index (χ1v) is 17.9. The third kappa shape index (κ3) is 9.77. The molecular weight excluding hydrogens is 677 g/mol. The number of amides is 2. The Hall–Kier alpha value is -4.67. The van der Waals surface area contributed by atoms with Gasteiger partial charge in [-0.15, -0.1) is 0 Å². The summed E-state index contributed by atoms with van der Waals surface area (Å²) in [6, 6.07) is 28.3. The van der Waals surface area contributed by atoms with E-state index in [-0.39, 0.29) is 31.9 Å². The predicted octanol–water partition coefficient (Wildman–Crippen LogP) is 8.88. The summed E-state index contributed by atoms with van der Waals surface area (Å²) in [7, 11) is -4.24. The standard InChI is InChI=1S/C39H41F2N2O7P/c1-39(2,3)36(37(44)43-25-31(33-24-32(40)19-20-34(33)41)23-35(43)30-17-11-6-12-18-30)42(38(45)46)21-22-48-51(47,49-26-28-13-7-4-8-14-28)50-27-29-15-9-5-10-16-29/h4-20,23-24,35-36H,21-22,25-27H2,1-3H3,(H,45,46)/t35-,36+/m0/s1. The SMILES string of the molecule is CC(C)(C)[C@@H](C(=O)N1CC(c2cc(F)ccc2F)=C[C@H]1c1ccccc1)N(CCOP(=O)(OCc1ccccc1)OCc1ccccc1)C(=O)O. The minimum atomic E-state index is -4.24. The van der Waals surface area contributed by atoms with E-state index in [1.807, 2.05) is 30.3 Å². The maximum Gasteiger partial charge on any atom is 0.475 e. The summed E-state index contributed by atoms with van der Waals surface area (Å²) in [6.45, 7) is 4.15. The van der Waals surface area contributed by atoms with Gasteiger partial charge in [-0.05, 0) is 45.9 Å². The lowest BCUT2D eigenvalue weighted by atomic mass is 9.84. The number of phosphoric acid groups is 1. The van der Waals surface area contributed by atoms with Gasteiger partial charge in [0.1, 0.15) is 17.7 Å². The van der Waals surface area contributed by atoms with Crippen LogP contribution in [-0.4, -0.2) is 52.6 Å². The van der Waals surface area contributed by atoms with Gasteiger partial charge in [0.25, 0.3) is 0 Å². The molecule has 0 spiro atoms. The molecule has 5 rings (SSSR count). The van der Waals surface area contributed by atoms with E-state index in [0.717, 1.165) is 34.2 Å². The van der Waals surface area contributed by atoms with Crippen LogP contribution in [0.15, 0.2) is 115 Å². The summed E-state index contributed by atoms with van der Waals surface area (Å²) in [6.07, 6.45) is 0.292. The van der Waals surface area contributed by atoms with E-state index in [2.05, 4.69) is 0 Å². The molecular formula is C39H41F2N2O7P. The fraction of sp³-hybridized carbons (Fsp3) is 0.282. The smallest absolute Gasteiger partial charge is 0.465 e. The Labute approximate surface area is 296 Å². The minimum absolute atomic E-state index is 0.0174. The molecule has 1 aliphatic rings. The first-order valence-electron chi connectivity index (χ1n) is 16.5. The summed E-state index contributed by atoms with van der Waals surface area (Å²) >= 11 is 0. The second-order valence-corrected chi connectivity index (χ2v) is 14.8. The third-order valence-electron chi connectivity index (χ3n) is 8.39. The van der Waals surface area contributed by atoms with E-state index in [4.69, 9.17) is 13.6 Å². The summed E-state index contributed by atoms with van der Waals surface area (Å²) < 4.78 is 60.1. The van der Waals surface area contributed by atoms with Crippen molar-refractivity contribution in [3.8, 4) is 0 Å². The average molecular weight is 719 g/mol. The highest BCUT2D eigenvalue weighted by Crippen LogP contribution is 2.51. The highest BCUT2D eigenvalue weighted by atomic mass is 31.2. The lowest BCUT2D eigenvalue weighted by Gasteiger charge is -2.41. The normalized spacial score (nSPS) is 15.4. The quantitative estimate of drug-likeness (QED) is 0.130. The van der Waals surface area contributed by atoms with Crippen LogP contribution in [0.5, 0.6) is 0 Å². The third-order valence-corrected chi connectivity index (χ3v) is 9.78. The van der Waals surface area contributed by atoms with Gasteiger partial charge < -0.3 is 10.0 Å². The van der Waals surface area contributed by atoms with Gasteiger partial charge >= 0.3 is 13.9 Å². The monoisotopic (exact) mass is 718 g/mol. The Morgan fingerprint density at radius 1 is 0.863 bits per heavy atom. The van der Waals surface area contributed by atoms with Crippen LogP contribution in [0.25, 0.3) is 5.57 Å². The molecule has 0 fully saturated rings. The largest absolute Gasteiger partial charge is 0.475 e. The Morgan fingerprint density at radius 3 is 1.94 bits per heavy atom. The molecule has 2 atom stereocenters. The van der Waals surface area contributed by atoms with Crippen molar-refractivity contribution in [3.05, 3.63) is 149 Å². The molecule has 0 aliphatic carbocycles. The van der Waals surface area contributed by atoms with E-state index in [1.54, 1.807) is 87.5 Å². The zero-order chi connectivity index (χ0) is 36.6. The Kier molecular flexibility index (Phi) is 12.2. The van der Waals surface area contributed by atoms with Crippen molar-refractivity contribution in [3.63, 3.8) is 0 Å². The molecule has 4 aromatic rings. The van der Waals surface area contributed by atoms with Gasteiger partial charge in [-0.1, -0.05) is 118 Å². The summed E-state index contributed by atoms with van der Waals surface area (Å²) in [5, 5.41) is 10.5. The molecule has 4 aromatic carbocycles. The predicted molar refractivity (Wildman–Crippen MR) is 189 cm³/mol. The number of benzene rings is 4. The molecule has 0 radical (unpaired) electrons. The zero-order valence-corrected chi connectivity index (χ0v) is 29.5. The highest BCUT2D eigenvalue weighted by Gasteiger charge is 2.45. The molecule has 2 amide bonds. The van der Waals surface area contributed by atoms with Gasteiger partial charge in [0.05, 0.1) is 25.9 Å². The molecule has 12 heteroatoms. The number of hydrogen-bond donors (Lipinski definition) is 1. The van der Waals surface area contributed by atoms with Crippen LogP contribution in [0.2, 0.25) is 0 Å². The first-order chi connectivity index (χ1) is 24.3. The molecule has 0 bridgehead atoms. The molecule has 0 unspecified atom stereocenters. The number of nitrogens with zero attached hydrogens (tertiary/aromatic N) is 2. The second-order valence-electron chi connectivity index (χ2n) is 13.2. The van der Waals surface area contributed by atoms with Crippen LogP contribution < -0.4 is 0 Å². The molecule has 0 aromatic heterocycles. The van der Waals surface area contributed by atoms with Gasteiger partial charge in [-0.2, -0.15) is 0 Å². The van der Waals surface area contributed by atoms with Gasteiger partial charge in [0.2, 0.25) is 5.91 Å². The van der Waals surface area contributed by atoms with Crippen molar-refractivity contribution in [1.82, 2.24) is 9.80 Å². The van der Waals surface area contributed by atoms with Crippen molar-refractivity contribution >= 4 is 25.4 Å². The molecule has 0 saturated heterocycles. The van der Waals surface area contributed by atoms with Crippen molar-refractivity contribution < 1.29 is 41.6 Å². The number of carboxylic acid groups (broad SMARTS) is 1. The molecule has 9 nitrogen and oxygen atoms in total. The lowest BCUT2D eigenvalue weighted by molar-refractivity contribution is -0.141. The van der Waals surface area contributed by atoms with Gasteiger partial charge in [-0.25, -0.2) is 18.1 Å². The van der Waals surface area contributed by atoms with Crippen LogP contribution in [0, 0.1) is 17.0 Å². The lowest BCUT2D eigenvalue weighted by Crippen LogP contribution is -2.57. The number of phosphoric ester groups is 1. The number of carbonyl (C=O) groups excluding carboxylic acids is 1. The molecule has 1 N–H and O–H groups in total. The molecule has 0 saturated carbocycles. The second kappa shape index (κ2) is 16.6. The Morgan fingerprint density at radius 2 is 1.41 bits per heavy atom. The average Bonchev–Trinajstić information content (AvgIpc) is 3.57. The Bertz CT molecular complexity index is 1820. The van der Waals surface area contributed by atoms with Gasteiger partial charge in [0, 0.05) is 18.7 Å². The minimum Gasteiger partial charge on any atom is -0.465 e. The van der Waals surface area contributed by atoms with E-state index < -0.39 is 55.6 Å². The van der Waals surface area contributed by atoms with E-state index in [9.17, 15) is 28.0 Å². The fourth-order valence-electron chi connectivity index (χ4n) is 5.96. The van der Waals surface area contributed by atoms with Crippen molar-refractivity contribution in [2.75, 3.05) is 19.7 Å². The summed E-state index contributed by atoms with van der Waals surface area (Å²) in [5.41, 5.74) is 1.62. The molecule has 1 heterocycles. The van der Waals surface area contributed by atoms with Gasteiger partial charge in [0.15, 0.2) is 0 Å². The first kappa shape index (κ1) is 37.6. The zero-order valence-electron chi connectivity index (χ0n) is 28.7. The van der Waals surface area contributed by atoms with Crippen molar-refractivity contribution in [1.29, 1.82) is 0 Å². The fourth-order valence-corrected chi connectivity index (χ4v) is 7.10. The highest BCUT2D eigenvalue weighted by molar-refractivity contribution is 7.48. The van der Waals surface area contributed by atoms with Crippen LogP contribution in [0.3, 0.4) is 0 Å². The van der Waals surface area contributed by atoms with E-state index in [1.165, 1.54) is 4.90 Å². The topological polar surface area (TPSA) is 106 Å². The van der Waals surface area contributed by atoms with Crippen LogP contribution in [0.1, 0.15) is 49.1 Å². The van der Waals surface area contributed by atoms with E-state index in [0.29, 0.717) is 11.1 Å². The van der Waals surface area contributed by atoms with Crippen molar-refractivity contribution in [2.24, 2.45) is 5.41 Å². The molecule has 51 heavy (non-hydrogen) atoms. The number of hydrogen-bond acceptors (Lipinski definition) is 6. The molecule has 268 valence electrons. The van der Waals surface area contributed by atoms with Gasteiger partial charge in [-0.3, -0.25) is 23.3 Å². The van der Waals surface area contributed by atoms with Crippen LogP contribution >= 0.6 is 7.82 Å². The summed E-state index contributed by atoms with van der Waals surface area (Å²) in [4.78, 5) is 29.9. The van der Waals surface area contributed by atoms with Crippen LogP contribution in [-0.2, 0) is 36.1 Å². The number of rotatable bonds is 14. The Balaban J connectivity index is 1.38. The maximum absolute atomic E-state index is 14.9. The summed E-state index contributed by atoms with van der Waals surface area (Å²) in [5.74, 6) is -1.82. The van der Waals surface area contributed by atoms with Crippen LogP contribution in [0.4, 0.5) is 13.6 Å². The number of halogens is 2. The number of carbonyl (C=O) groups is 2.